The first-order valence-corrected chi connectivity index (χ1v) is 10.6. The van der Waals surface area contributed by atoms with Crippen LogP contribution in [-0.4, -0.2) is 41.9 Å². The minimum absolute atomic E-state index is 0.0289. The molecule has 1 saturated heterocycles. The highest BCUT2D eigenvalue weighted by Gasteiger charge is 2.50. The van der Waals surface area contributed by atoms with Gasteiger partial charge in [0.05, 0.1) is 0 Å². The summed E-state index contributed by atoms with van der Waals surface area (Å²) in [4.78, 5) is 41.7. The Balaban J connectivity index is 1.50. The number of para-hydroxylation sites is 1. The van der Waals surface area contributed by atoms with Gasteiger partial charge < -0.3 is 15.0 Å². The smallest absolute Gasteiger partial charge is 0.325 e. The molecule has 7 nitrogen and oxygen atoms in total. The number of amides is 4. The molecule has 32 heavy (non-hydrogen) atoms. The summed E-state index contributed by atoms with van der Waals surface area (Å²) in [5.41, 5.74) is 2.19. The van der Waals surface area contributed by atoms with Gasteiger partial charge in [0.2, 0.25) is 5.91 Å². The fourth-order valence-corrected chi connectivity index (χ4v) is 4.28. The zero-order chi connectivity index (χ0) is 23.0. The van der Waals surface area contributed by atoms with Gasteiger partial charge in [-0.25, -0.2) is 4.79 Å². The second-order valence-corrected chi connectivity index (χ2v) is 8.66. The van der Waals surface area contributed by atoms with Crippen molar-refractivity contribution >= 4 is 23.5 Å². The molecule has 2 atom stereocenters. The maximum atomic E-state index is 13.2. The third kappa shape index (κ3) is 3.75. The van der Waals surface area contributed by atoms with Crippen molar-refractivity contribution in [3.63, 3.8) is 0 Å². The van der Waals surface area contributed by atoms with Crippen LogP contribution in [0.25, 0.3) is 0 Å². The number of anilines is 1. The Hall–Kier alpha value is -3.61. The summed E-state index contributed by atoms with van der Waals surface area (Å²) >= 11 is 0. The number of benzene rings is 2. The third-order valence-electron chi connectivity index (χ3n) is 5.96. The van der Waals surface area contributed by atoms with E-state index in [-0.39, 0.29) is 18.5 Å². The Morgan fingerprint density at radius 3 is 2.56 bits per heavy atom. The van der Waals surface area contributed by atoms with Gasteiger partial charge in [0.25, 0.3) is 5.91 Å². The van der Waals surface area contributed by atoms with E-state index in [2.05, 4.69) is 11.9 Å². The van der Waals surface area contributed by atoms with E-state index >= 15 is 0 Å². The largest absolute Gasteiger partial charge is 0.489 e. The molecule has 0 saturated carbocycles. The van der Waals surface area contributed by atoms with Gasteiger partial charge in [-0.05, 0) is 62.1 Å². The van der Waals surface area contributed by atoms with Crippen LogP contribution in [0.4, 0.5) is 10.5 Å². The lowest BCUT2D eigenvalue weighted by Crippen LogP contribution is -2.46. The van der Waals surface area contributed by atoms with Crippen molar-refractivity contribution in [1.82, 2.24) is 10.2 Å². The average Bonchev–Trinajstić information content (AvgIpc) is 3.21. The molecule has 4 rings (SSSR count). The Bertz CT molecular complexity index is 1090. The van der Waals surface area contributed by atoms with Crippen molar-refractivity contribution in [2.45, 2.75) is 38.8 Å². The number of hydrogen-bond acceptors (Lipinski definition) is 4. The average molecular weight is 434 g/mol. The molecule has 0 radical (unpaired) electrons. The van der Waals surface area contributed by atoms with E-state index in [9.17, 15) is 14.4 Å². The Labute approximate surface area is 187 Å². The number of hydrogen-bond donors (Lipinski definition) is 1. The summed E-state index contributed by atoms with van der Waals surface area (Å²) in [7, 11) is 0. The summed E-state index contributed by atoms with van der Waals surface area (Å²) in [6.07, 6.45) is 0.750. The first-order valence-electron chi connectivity index (χ1n) is 10.6. The number of carbonyl (C=O) groups excluding carboxylic acids is 3. The third-order valence-corrected chi connectivity index (χ3v) is 5.96. The Kier molecular flexibility index (Phi) is 5.50. The van der Waals surface area contributed by atoms with Crippen LogP contribution in [0.15, 0.2) is 60.7 Å². The van der Waals surface area contributed by atoms with Crippen LogP contribution in [0.2, 0.25) is 0 Å². The molecular weight excluding hydrogens is 406 g/mol. The zero-order valence-electron chi connectivity index (χ0n) is 18.6. The van der Waals surface area contributed by atoms with Gasteiger partial charge in [-0.3, -0.25) is 14.5 Å². The zero-order valence-corrected chi connectivity index (χ0v) is 18.6. The molecule has 0 aromatic heterocycles. The SMILES string of the molecule is C=C(C)COc1ccc(C2(C)NC(=O)N(CC(=O)N3c4ccccc4CC3C)C2=O)cc1. The molecule has 1 N–H and O–H groups in total. The molecule has 0 bridgehead atoms. The number of ether oxygens (including phenoxy) is 1. The minimum Gasteiger partial charge on any atom is -0.489 e. The Morgan fingerprint density at radius 1 is 1.19 bits per heavy atom. The number of fused-ring (bicyclic) bond motifs is 1. The van der Waals surface area contributed by atoms with Crippen LogP contribution >= 0.6 is 0 Å². The molecule has 7 heteroatoms. The van der Waals surface area contributed by atoms with Crippen molar-refractivity contribution < 1.29 is 19.1 Å². The maximum Gasteiger partial charge on any atom is 0.325 e. The van der Waals surface area contributed by atoms with E-state index in [1.54, 1.807) is 36.1 Å². The van der Waals surface area contributed by atoms with Crippen molar-refractivity contribution in [2.75, 3.05) is 18.1 Å². The molecular formula is C25H27N3O4. The number of nitrogens with zero attached hydrogens (tertiary/aromatic N) is 2. The topological polar surface area (TPSA) is 79.0 Å². The van der Waals surface area contributed by atoms with Gasteiger partial charge in [0, 0.05) is 11.7 Å². The van der Waals surface area contributed by atoms with Crippen molar-refractivity contribution in [1.29, 1.82) is 0 Å². The van der Waals surface area contributed by atoms with Crippen LogP contribution in [0.5, 0.6) is 5.75 Å². The van der Waals surface area contributed by atoms with Crippen molar-refractivity contribution in [3.05, 3.63) is 71.8 Å². The number of imide groups is 1. The number of nitrogens with one attached hydrogen (secondary N) is 1. The van der Waals surface area contributed by atoms with E-state index in [0.29, 0.717) is 17.9 Å². The van der Waals surface area contributed by atoms with Crippen LogP contribution in [0, 0.1) is 0 Å². The summed E-state index contributed by atoms with van der Waals surface area (Å²) in [6.45, 7) is 9.39. The molecule has 2 aromatic carbocycles. The molecule has 0 spiro atoms. The van der Waals surface area contributed by atoms with Crippen molar-refractivity contribution in [3.8, 4) is 5.75 Å². The standard InChI is InChI=1S/C25H27N3O4/c1-16(2)15-32-20-11-9-19(10-12-20)25(4)23(30)27(24(31)26-25)14-22(29)28-17(3)13-18-7-5-6-8-21(18)28/h5-12,17H,1,13-15H2,2-4H3,(H,26,31). The molecule has 2 heterocycles. The maximum absolute atomic E-state index is 13.2. The molecule has 0 aliphatic carbocycles. The summed E-state index contributed by atoms with van der Waals surface area (Å²) in [5.74, 6) is -0.0869. The summed E-state index contributed by atoms with van der Waals surface area (Å²) in [5, 5.41) is 2.75. The molecule has 2 aliphatic rings. The minimum atomic E-state index is -1.25. The van der Waals surface area contributed by atoms with Crippen LogP contribution in [0.3, 0.4) is 0 Å². The van der Waals surface area contributed by atoms with Crippen LogP contribution in [-0.2, 0) is 21.5 Å². The van der Waals surface area contributed by atoms with E-state index in [1.165, 1.54) is 0 Å². The number of carbonyl (C=O) groups is 3. The van der Waals surface area contributed by atoms with Gasteiger partial charge >= 0.3 is 6.03 Å². The number of rotatable bonds is 6. The molecule has 2 unspecified atom stereocenters. The quantitative estimate of drug-likeness (QED) is 0.560. The second-order valence-electron chi connectivity index (χ2n) is 8.66. The second kappa shape index (κ2) is 8.15. The first kappa shape index (κ1) is 21.6. The monoisotopic (exact) mass is 433 g/mol. The van der Waals surface area contributed by atoms with E-state index < -0.39 is 17.5 Å². The Morgan fingerprint density at radius 2 is 1.88 bits per heavy atom. The highest BCUT2D eigenvalue weighted by molar-refractivity contribution is 6.10. The van der Waals surface area contributed by atoms with Gasteiger partial charge in [-0.2, -0.15) is 0 Å². The van der Waals surface area contributed by atoms with Crippen LogP contribution in [0.1, 0.15) is 31.9 Å². The van der Waals surface area contributed by atoms with E-state index in [0.717, 1.165) is 28.1 Å². The molecule has 4 amide bonds. The normalized spacial score (nSPS) is 22.0. The predicted molar refractivity (Wildman–Crippen MR) is 121 cm³/mol. The highest BCUT2D eigenvalue weighted by atomic mass is 16.5. The van der Waals surface area contributed by atoms with Gasteiger partial charge in [-0.15, -0.1) is 0 Å². The molecule has 2 aromatic rings. The first-order chi connectivity index (χ1) is 15.2. The fraction of sp³-hybridized carbons (Fsp3) is 0.320. The van der Waals surface area contributed by atoms with E-state index in [1.807, 2.05) is 38.1 Å². The summed E-state index contributed by atoms with van der Waals surface area (Å²) < 4.78 is 5.60. The summed E-state index contributed by atoms with van der Waals surface area (Å²) in [6, 6.07) is 14.1. The predicted octanol–water partition coefficient (Wildman–Crippen LogP) is 3.39. The molecule has 166 valence electrons. The van der Waals surface area contributed by atoms with Gasteiger partial charge in [-0.1, -0.05) is 36.9 Å². The fourth-order valence-electron chi connectivity index (χ4n) is 4.28. The lowest BCUT2D eigenvalue weighted by Gasteiger charge is -2.25. The molecule has 1 fully saturated rings. The lowest BCUT2D eigenvalue weighted by atomic mass is 9.92. The van der Waals surface area contributed by atoms with Gasteiger partial charge in [0.1, 0.15) is 24.4 Å². The van der Waals surface area contributed by atoms with Crippen LogP contribution < -0.4 is 15.0 Å². The highest BCUT2D eigenvalue weighted by Crippen LogP contribution is 2.33. The van der Waals surface area contributed by atoms with E-state index in [4.69, 9.17) is 4.74 Å². The molecule has 2 aliphatic heterocycles. The van der Waals surface area contributed by atoms with Crippen molar-refractivity contribution in [2.24, 2.45) is 0 Å². The lowest BCUT2D eigenvalue weighted by molar-refractivity contribution is -0.134. The van der Waals surface area contributed by atoms with Gasteiger partial charge in [0.15, 0.2) is 0 Å². The number of urea groups is 1.